The van der Waals surface area contributed by atoms with Crippen LogP contribution in [0, 0.1) is 10.1 Å². The summed E-state index contributed by atoms with van der Waals surface area (Å²) in [6.07, 6.45) is 3.01. The van der Waals surface area contributed by atoms with Gasteiger partial charge in [-0.15, -0.1) is 0 Å². The minimum absolute atomic E-state index is 0.0466. The van der Waals surface area contributed by atoms with Gasteiger partial charge in [0.1, 0.15) is 0 Å². The molecule has 7 nitrogen and oxygen atoms in total. The maximum absolute atomic E-state index is 11.5. The largest absolute Gasteiger partial charge is 0.352 e. The molecule has 8 heteroatoms. The zero-order valence-corrected chi connectivity index (χ0v) is 12.7. The molecular formula is C12H15BrN4O3. The van der Waals surface area contributed by atoms with Gasteiger partial charge in [-0.1, -0.05) is 0 Å². The Kier molecular flexibility index (Phi) is 4.53. The lowest BCUT2D eigenvalue weighted by atomic mass is 10.3. The van der Waals surface area contributed by atoms with Crippen molar-refractivity contribution in [1.29, 1.82) is 0 Å². The lowest BCUT2D eigenvalue weighted by Crippen LogP contribution is -2.34. The number of pyridine rings is 1. The number of nitrogens with zero attached hydrogens (tertiary/aromatic N) is 4. The summed E-state index contributed by atoms with van der Waals surface area (Å²) >= 11 is 3.18. The van der Waals surface area contributed by atoms with Crippen LogP contribution in [0.4, 0.5) is 11.5 Å². The fourth-order valence-electron chi connectivity index (χ4n) is 2.17. The molecule has 1 fully saturated rings. The Labute approximate surface area is 124 Å². The number of likely N-dealkylation sites (N-methyl/N-ethyl adjacent to an activating group) is 1. The summed E-state index contributed by atoms with van der Waals surface area (Å²) in [5, 5.41) is 11.0. The SMILES string of the molecule is CN(CCN1CCCC1=O)c1ncc(Br)cc1[N+](=O)[O-]. The summed E-state index contributed by atoms with van der Waals surface area (Å²) in [5.41, 5.74) is -0.0466. The number of halogens is 1. The Morgan fingerprint density at radius 3 is 2.95 bits per heavy atom. The second-order valence-corrected chi connectivity index (χ2v) is 5.57. The maximum atomic E-state index is 11.5. The standard InChI is InChI=1S/C12H15BrN4O3/c1-15(5-6-16-4-2-3-11(16)18)12-10(17(19)20)7-9(13)8-14-12/h7-8H,2-6H2,1H3. The van der Waals surface area contributed by atoms with E-state index < -0.39 is 4.92 Å². The van der Waals surface area contributed by atoms with Crippen LogP contribution in [0.25, 0.3) is 0 Å². The number of nitro groups is 1. The van der Waals surface area contributed by atoms with Gasteiger partial charge in [0.15, 0.2) is 0 Å². The molecule has 0 atom stereocenters. The Balaban J connectivity index is 2.07. The van der Waals surface area contributed by atoms with E-state index in [1.807, 2.05) is 0 Å². The Hall–Kier alpha value is -1.70. The van der Waals surface area contributed by atoms with Crippen molar-refractivity contribution in [3.8, 4) is 0 Å². The van der Waals surface area contributed by atoms with Crippen LogP contribution in [0.5, 0.6) is 0 Å². The molecule has 1 saturated heterocycles. The lowest BCUT2D eigenvalue weighted by Gasteiger charge is -2.22. The topological polar surface area (TPSA) is 79.6 Å². The zero-order chi connectivity index (χ0) is 14.7. The zero-order valence-electron chi connectivity index (χ0n) is 11.1. The van der Waals surface area contributed by atoms with Crippen LogP contribution in [0.3, 0.4) is 0 Å². The average Bonchev–Trinajstić information content (AvgIpc) is 2.81. The van der Waals surface area contributed by atoms with E-state index in [0.29, 0.717) is 29.8 Å². The summed E-state index contributed by atoms with van der Waals surface area (Å²) in [4.78, 5) is 29.7. The summed E-state index contributed by atoms with van der Waals surface area (Å²) in [7, 11) is 1.74. The number of hydrogen-bond acceptors (Lipinski definition) is 5. The van der Waals surface area contributed by atoms with Crippen LogP contribution in [0.1, 0.15) is 12.8 Å². The van der Waals surface area contributed by atoms with E-state index in [2.05, 4.69) is 20.9 Å². The minimum atomic E-state index is -0.454. The Morgan fingerprint density at radius 2 is 2.35 bits per heavy atom. The smallest absolute Gasteiger partial charge is 0.312 e. The second-order valence-electron chi connectivity index (χ2n) is 4.66. The van der Waals surface area contributed by atoms with Crippen molar-refractivity contribution in [2.24, 2.45) is 0 Å². The maximum Gasteiger partial charge on any atom is 0.312 e. The van der Waals surface area contributed by atoms with Gasteiger partial charge in [-0.25, -0.2) is 4.98 Å². The number of likely N-dealkylation sites (tertiary alicyclic amines) is 1. The molecule has 2 heterocycles. The van der Waals surface area contributed by atoms with Crippen molar-refractivity contribution in [2.45, 2.75) is 12.8 Å². The molecule has 0 aliphatic carbocycles. The first-order valence-electron chi connectivity index (χ1n) is 6.28. The summed E-state index contributed by atoms with van der Waals surface area (Å²) in [6, 6.07) is 1.43. The van der Waals surface area contributed by atoms with Crippen LogP contribution in [-0.2, 0) is 4.79 Å². The van der Waals surface area contributed by atoms with Crippen LogP contribution in [-0.4, -0.2) is 47.4 Å². The summed E-state index contributed by atoms with van der Waals surface area (Å²) in [6.45, 7) is 1.84. The molecule has 0 saturated carbocycles. The highest BCUT2D eigenvalue weighted by molar-refractivity contribution is 9.10. The van der Waals surface area contributed by atoms with E-state index >= 15 is 0 Å². The average molecular weight is 343 g/mol. The molecule has 108 valence electrons. The molecule has 1 amide bonds. The monoisotopic (exact) mass is 342 g/mol. The molecule has 0 unspecified atom stereocenters. The van der Waals surface area contributed by atoms with Crippen molar-refractivity contribution in [3.05, 3.63) is 26.9 Å². The second kappa shape index (κ2) is 6.17. The molecule has 0 radical (unpaired) electrons. The molecule has 2 rings (SSSR count). The van der Waals surface area contributed by atoms with E-state index in [1.165, 1.54) is 12.3 Å². The van der Waals surface area contributed by atoms with Crippen molar-refractivity contribution < 1.29 is 9.72 Å². The summed E-state index contributed by atoms with van der Waals surface area (Å²) in [5.74, 6) is 0.460. The van der Waals surface area contributed by atoms with Crippen molar-refractivity contribution >= 4 is 33.3 Å². The van der Waals surface area contributed by atoms with E-state index in [9.17, 15) is 14.9 Å². The van der Waals surface area contributed by atoms with Gasteiger partial charge >= 0.3 is 5.69 Å². The number of carbonyl (C=O) groups is 1. The van der Waals surface area contributed by atoms with Crippen molar-refractivity contribution in [3.63, 3.8) is 0 Å². The minimum Gasteiger partial charge on any atom is -0.352 e. The normalized spacial score (nSPS) is 14.7. The highest BCUT2D eigenvalue weighted by Crippen LogP contribution is 2.27. The Bertz CT molecular complexity index is 537. The third-order valence-electron chi connectivity index (χ3n) is 3.25. The molecule has 0 bridgehead atoms. The molecule has 1 aromatic heterocycles. The molecular weight excluding hydrogens is 328 g/mol. The fraction of sp³-hybridized carbons (Fsp3) is 0.500. The Morgan fingerprint density at radius 1 is 1.60 bits per heavy atom. The molecule has 20 heavy (non-hydrogen) atoms. The molecule has 1 aliphatic rings. The van der Waals surface area contributed by atoms with Gasteiger partial charge in [0.05, 0.1) is 4.92 Å². The first-order valence-corrected chi connectivity index (χ1v) is 7.07. The number of hydrogen-bond donors (Lipinski definition) is 0. The molecule has 1 aromatic rings. The van der Waals surface area contributed by atoms with E-state index in [0.717, 1.165) is 13.0 Å². The molecule has 0 aromatic carbocycles. The van der Waals surface area contributed by atoms with Crippen LogP contribution < -0.4 is 4.90 Å². The third kappa shape index (κ3) is 3.24. The van der Waals surface area contributed by atoms with Gasteiger partial charge < -0.3 is 9.80 Å². The number of amides is 1. The number of rotatable bonds is 5. The van der Waals surface area contributed by atoms with Gasteiger partial charge in [-0.3, -0.25) is 14.9 Å². The van der Waals surface area contributed by atoms with E-state index in [1.54, 1.807) is 16.8 Å². The predicted octanol–water partition coefficient (Wildman–Crippen LogP) is 1.81. The van der Waals surface area contributed by atoms with Crippen LogP contribution >= 0.6 is 15.9 Å². The van der Waals surface area contributed by atoms with Crippen LogP contribution in [0.2, 0.25) is 0 Å². The molecule has 1 aliphatic heterocycles. The van der Waals surface area contributed by atoms with Gasteiger partial charge in [0.2, 0.25) is 11.7 Å². The molecule has 0 spiro atoms. The number of carbonyl (C=O) groups excluding carboxylic acids is 1. The predicted molar refractivity (Wildman–Crippen MR) is 77.7 cm³/mol. The van der Waals surface area contributed by atoms with Gasteiger partial charge in [-0.05, 0) is 22.4 Å². The van der Waals surface area contributed by atoms with E-state index in [-0.39, 0.29) is 11.6 Å². The number of anilines is 1. The quantitative estimate of drug-likeness (QED) is 0.602. The third-order valence-corrected chi connectivity index (χ3v) is 3.68. The van der Waals surface area contributed by atoms with E-state index in [4.69, 9.17) is 0 Å². The van der Waals surface area contributed by atoms with Gasteiger partial charge in [-0.2, -0.15) is 0 Å². The number of aromatic nitrogens is 1. The first-order chi connectivity index (χ1) is 9.49. The highest BCUT2D eigenvalue weighted by atomic mass is 79.9. The van der Waals surface area contributed by atoms with Gasteiger partial charge in [0, 0.05) is 49.8 Å². The van der Waals surface area contributed by atoms with Crippen LogP contribution in [0.15, 0.2) is 16.7 Å². The van der Waals surface area contributed by atoms with Gasteiger partial charge in [0.25, 0.3) is 0 Å². The van der Waals surface area contributed by atoms with Crippen molar-refractivity contribution in [2.75, 3.05) is 31.6 Å². The lowest BCUT2D eigenvalue weighted by molar-refractivity contribution is -0.384. The highest BCUT2D eigenvalue weighted by Gasteiger charge is 2.23. The fourth-order valence-corrected chi connectivity index (χ4v) is 2.49. The molecule has 0 N–H and O–H groups in total. The summed E-state index contributed by atoms with van der Waals surface area (Å²) < 4.78 is 0.566. The first kappa shape index (κ1) is 14.7. The van der Waals surface area contributed by atoms with Crippen molar-refractivity contribution in [1.82, 2.24) is 9.88 Å².